The summed E-state index contributed by atoms with van der Waals surface area (Å²) in [6, 6.07) is 1.89. The molecule has 0 fully saturated rings. The summed E-state index contributed by atoms with van der Waals surface area (Å²) in [4.78, 5) is 21.8. The van der Waals surface area contributed by atoms with E-state index in [1.54, 1.807) is 5.32 Å². The lowest BCUT2D eigenvalue weighted by Crippen LogP contribution is -2.30. The average molecular weight is 293 g/mol. The number of carboxylic acid groups (broad SMARTS) is 1. The predicted molar refractivity (Wildman–Crippen MR) is 61.2 cm³/mol. The van der Waals surface area contributed by atoms with Crippen LogP contribution >= 0.6 is 0 Å². The summed E-state index contributed by atoms with van der Waals surface area (Å²) in [7, 11) is 2.34. The zero-order chi connectivity index (χ0) is 15.5. The second kappa shape index (κ2) is 5.68. The van der Waals surface area contributed by atoms with Gasteiger partial charge in [-0.2, -0.15) is 13.2 Å². The molecule has 1 rings (SSSR count). The van der Waals surface area contributed by atoms with E-state index in [9.17, 15) is 22.8 Å². The van der Waals surface area contributed by atoms with E-state index >= 15 is 0 Å². The first-order valence-electron chi connectivity index (χ1n) is 5.08. The summed E-state index contributed by atoms with van der Waals surface area (Å²) in [5.74, 6) is -3.94. The molecule has 0 heterocycles. The van der Waals surface area contributed by atoms with Crippen molar-refractivity contribution in [3.8, 4) is 11.5 Å². The molecule has 6 nitrogen and oxygen atoms in total. The molecule has 0 atom stereocenters. The van der Waals surface area contributed by atoms with Crippen molar-refractivity contribution in [3.05, 3.63) is 17.7 Å². The molecule has 2 N–H and O–H groups in total. The summed E-state index contributed by atoms with van der Waals surface area (Å²) < 4.78 is 46.1. The third-order valence-corrected chi connectivity index (χ3v) is 2.26. The zero-order valence-corrected chi connectivity index (χ0v) is 10.4. The fourth-order valence-electron chi connectivity index (χ4n) is 1.36. The summed E-state index contributed by atoms with van der Waals surface area (Å²) in [6.45, 7) is 0. The number of carbonyl (C=O) groups is 2. The highest BCUT2D eigenvalue weighted by molar-refractivity contribution is 5.99. The van der Waals surface area contributed by atoms with E-state index in [1.807, 2.05) is 0 Å². The molecule has 0 aliphatic carbocycles. The van der Waals surface area contributed by atoms with Crippen molar-refractivity contribution < 1.29 is 37.3 Å². The summed E-state index contributed by atoms with van der Waals surface area (Å²) in [6.07, 6.45) is -5.10. The number of anilines is 1. The Balaban J connectivity index is 3.28. The van der Waals surface area contributed by atoms with Gasteiger partial charge in [-0.05, 0) is 6.07 Å². The van der Waals surface area contributed by atoms with Crippen LogP contribution in [0, 0.1) is 0 Å². The molecule has 0 aromatic heterocycles. The van der Waals surface area contributed by atoms with E-state index in [-0.39, 0.29) is 11.5 Å². The molecule has 0 radical (unpaired) electrons. The van der Waals surface area contributed by atoms with Crippen molar-refractivity contribution in [1.29, 1.82) is 0 Å². The number of carboxylic acids is 1. The SMILES string of the molecule is COc1cc(OC)c(C(=O)O)cc1NC(=O)C(F)(F)F. The van der Waals surface area contributed by atoms with Gasteiger partial charge < -0.3 is 19.9 Å². The molecule has 0 aliphatic rings. The molecule has 1 aromatic carbocycles. The molecule has 0 saturated carbocycles. The quantitative estimate of drug-likeness (QED) is 0.885. The van der Waals surface area contributed by atoms with E-state index in [4.69, 9.17) is 14.6 Å². The van der Waals surface area contributed by atoms with E-state index < -0.39 is 29.3 Å². The number of halogens is 3. The van der Waals surface area contributed by atoms with Crippen molar-refractivity contribution in [2.45, 2.75) is 6.18 Å². The minimum Gasteiger partial charge on any atom is -0.496 e. The fourth-order valence-corrected chi connectivity index (χ4v) is 1.36. The standard InChI is InChI=1S/C11H10F3NO5/c1-19-7-4-8(20-2)6(3-5(7)9(16)17)15-10(18)11(12,13)14/h3-4H,1-2H3,(H,15,18)(H,16,17). The number of amides is 1. The van der Waals surface area contributed by atoms with Crippen LogP contribution in [-0.2, 0) is 4.79 Å². The van der Waals surface area contributed by atoms with Gasteiger partial charge >= 0.3 is 18.1 Å². The molecular formula is C11H10F3NO5. The number of alkyl halides is 3. The maximum atomic E-state index is 12.2. The van der Waals surface area contributed by atoms with Gasteiger partial charge in [-0.1, -0.05) is 0 Å². The highest BCUT2D eigenvalue weighted by Crippen LogP contribution is 2.34. The Labute approximate surface area is 111 Å². The summed E-state index contributed by atoms with van der Waals surface area (Å²) in [5.41, 5.74) is -0.834. The van der Waals surface area contributed by atoms with Crippen LogP contribution in [0.5, 0.6) is 11.5 Å². The Hall–Kier alpha value is -2.45. The van der Waals surface area contributed by atoms with Crippen molar-refractivity contribution in [3.63, 3.8) is 0 Å². The van der Waals surface area contributed by atoms with Crippen LogP contribution in [0.3, 0.4) is 0 Å². The lowest BCUT2D eigenvalue weighted by atomic mass is 10.1. The average Bonchev–Trinajstić information content (AvgIpc) is 2.36. The van der Waals surface area contributed by atoms with Crippen LogP contribution in [0.1, 0.15) is 10.4 Å². The van der Waals surface area contributed by atoms with Crippen molar-refractivity contribution >= 4 is 17.6 Å². The van der Waals surface area contributed by atoms with Gasteiger partial charge in [0, 0.05) is 6.07 Å². The molecule has 110 valence electrons. The lowest BCUT2D eigenvalue weighted by Gasteiger charge is -2.14. The van der Waals surface area contributed by atoms with Gasteiger partial charge in [0.2, 0.25) is 0 Å². The Morgan fingerprint density at radius 2 is 1.70 bits per heavy atom. The Morgan fingerprint density at radius 1 is 1.15 bits per heavy atom. The lowest BCUT2D eigenvalue weighted by molar-refractivity contribution is -0.167. The largest absolute Gasteiger partial charge is 0.496 e. The van der Waals surface area contributed by atoms with Gasteiger partial charge in [0.1, 0.15) is 17.1 Å². The number of nitrogens with one attached hydrogen (secondary N) is 1. The van der Waals surface area contributed by atoms with E-state index in [0.29, 0.717) is 0 Å². The molecule has 1 aromatic rings. The van der Waals surface area contributed by atoms with Gasteiger partial charge in [0.05, 0.1) is 19.9 Å². The van der Waals surface area contributed by atoms with Crippen molar-refractivity contribution in [2.75, 3.05) is 19.5 Å². The first kappa shape index (κ1) is 15.6. The van der Waals surface area contributed by atoms with E-state index in [1.165, 1.54) is 7.11 Å². The maximum absolute atomic E-state index is 12.2. The second-order valence-corrected chi connectivity index (χ2v) is 3.51. The first-order chi connectivity index (χ1) is 9.20. The van der Waals surface area contributed by atoms with Crippen molar-refractivity contribution in [1.82, 2.24) is 0 Å². The minimum absolute atomic E-state index is 0.112. The van der Waals surface area contributed by atoms with Gasteiger partial charge in [-0.15, -0.1) is 0 Å². The zero-order valence-electron chi connectivity index (χ0n) is 10.4. The van der Waals surface area contributed by atoms with E-state index in [2.05, 4.69) is 0 Å². The van der Waals surface area contributed by atoms with Gasteiger partial charge in [0.15, 0.2) is 0 Å². The number of benzene rings is 1. The van der Waals surface area contributed by atoms with Crippen LogP contribution in [0.15, 0.2) is 12.1 Å². The number of rotatable bonds is 4. The monoisotopic (exact) mass is 293 g/mol. The number of ether oxygens (including phenoxy) is 2. The molecule has 0 unspecified atom stereocenters. The van der Waals surface area contributed by atoms with Gasteiger partial charge in [-0.3, -0.25) is 4.79 Å². The fraction of sp³-hybridized carbons (Fsp3) is 0.273. The second-order valence-electron chi connectivity index (χ2n) is 3.51. The predicted octanol–water partition coefficient (Wildman–Crippen LogP) is 1.90. The number of hydrogen-bond acceptors (Lipinski definition) is 4. The molecule has 20 heavy (non-hydrogen) atoms. The Morgan fingerprint density at radius 3 is 2.10 bits per heavy atom. The maximum Gasteiger partial charge on any atom is 0.471 e. The Kier molecular flexibility index (Phi) is 4.43. The van der Waals surface area contributed by atoms with Crippen LogP contribution in [0.4, 0.5) is 18.9 Å². The molecule has 9 heteroatoms. The number of carbonyl (C=O) groups excluding carboxylic acids is 1. The molecule has 1 amide bonds. The number of methoxy groups -OCH3 is 2. The van der Waals surface area contributed by atoms with Gasteiger partial charge in [0.25, 0.3) is 0 Å². The highest BCUT2D eigenvalue weighted by Gasteiger charge is 2.39. The highest BCUT2D eigenvalue weighted by atomic mass is 19.4. The van der Waals surface area contributed by atoms with E-state index in [0.717, 1.165) is 19.2 Å². The summed E-state index contributed by atoms with van der Waals surface area (Å²) in [5, 5.41) is 10.5. The normalized spacial score (nSPS) is 10.8. The topological polar surface area (TPSA) is 84.9 Å². The van der Waals surface area contributed by atoms with Gasteiger partial charge in [-0.25, -0.2) is 4.79 Å². The molecule has 0 bridgehead atoms. The Bertz CT molecular complexity index is 542. The van der Waals surface area contributed by atoms with Crippen molar-refractivity contribution in [2.24, 2.45) is 0 Å². The number of aromatic carboxylic acids is 1. The molecule has 0 saturated heterocycles. The third kappa shape index (κ3) is 3.31. The minimum atomic E-state index is -5.10. The smallest absolute Gasteiger partial charge is 0.471 e. The number of hydrogen-bond donors (Lipinski definition) is 2. The van der Waals surface area contributed by atoms with Crippen LogP contribution in [-0.4, -0.2) is 37.4 Å². The first-order valence-corrected chi connectivity index (χ1v) is 5.08. The third-order valence-electron chi connectivity index (χ3n) is 2.26. The van der Waals surface area contributed by atoms with Crippen LogP contribution < -0.4 is 14.8 Å². The van der Waals surface area contributed by atoms with Crippen LogP contribution in [0.25, 0.3) is 0 Å². The molecule has 0 spiro atoms. The van der Waals surface area contributed by atoms with Crippen LogP contribution in [0.2, 0.25) is 0 Å². The molecular weight excluding hydrogens is 283 g/mol. The summed E-state index contributed by atoms with van der Waals surface area (Å²) >= 11 is 0. The molecule has 0 aliphatic heterocycles.